The van der Waals surface area contributed by atoms with Gasteiger partial charge in [-0.3, -0.25) is 14.6 Å². The van der Waals surface area contributed by atoms with E-state index in [9.17, 15) is 9.59 Å². The summed E-state index contributed by atoms with van der Waals surface area (Å²) in [4.78, 5) is 27.5. The number of nitrogens with zero attached hydrogens (tertiary/aromatic N) is 2. The zero-order valence-corrected chi connectivity index (χ0v) is 10.3. The van der Waals surface area contributed by atoms with Gasteiger partial charge in [0, 0.05) is 23.4 Å². The molecule has 0 aliphatic heterocycles. The Kier molecular flexibility index (Phi) is 4.42. The van der Waals surface area contributed by atoms with Gasteiger partial charge in [0.25, 0.3) is 5.91 Å². The van der Waals surface area contributed by atoms with Gasteiger partial charge in [-0.05, 0) is 28.9 Å². The van der Waals surface area contributed by atoms with Crippen LogP contribution in [0.25, 0.3) is 0 Å². The fourth-order valence-corrected chi connectivity index (χ4v) is 1.57. The van der Waals surface area contributed by atoms with Gasteiger partial charge in [0.2, 0.25) is 0 Å². The average molecular weight is 287 g/mol. The highest BCUT2D eigenvalue weighted by atomic mass is 79.9. The van der Waals surface area contributed by atoms with E-state index in [1.165, 1.54) is 11.1 Å². The lowest BCUT2D eigenvalue weighted by atomic mass is 10.2. The summed E-state index contributed by atoms with van der Waals surface area (Å²) in [6.07, 6.45) is 2.97. The minimum Gasteiger partial charge on any atom is -0.480 e. The number of amides is 1. The smallest absolute Gasteiger partial charge is 0.323 e. The number of carbonyl (C=O) groups excluding carboxylic acids is 1. The molecule has 0 unspecified atom stereocenters. The molecule has 0 saturated heterocycles. The van der Waals surface area contributed by atoms with Gasteiger partial charge in [0.1, 0.15) is 6.54 Å². The van der Waals surface area contributed by atoms with Crippen LogP contribution in [0.5, 0.6) is 0 Å². The third-order valence-electron chi connectivity index (χ3n) is 1.95. The van der Waals surface area contributed by atoms with Crippen molar-refractivity contribution in [1.29, 1.82) is 0 Å². The number of rotatable bonds is 4. The fourth-order valence-electron chi connectivity index (χ4n) is 1.20. The predicted molar refractivity (Wildman–Crippen MR) is 61.2 cm³/mol. The second-order valence-electron chi connectivity index (χ2n) is 3.10. The zero-order chi connectivity index (χ0) is 12.1. The van der Waals surface area contributed by atoms with Gasteiger partial charge in [-0.1, -0.05) is 0 Å². The van der Waals surface area contributed by atoms with Crippen molar-refractivity contribution in [3.05, 3.63) is 28.5 Å². The van der Waals surface area contributed by atoms with Crippen molar-refractivity contribution in [1.82, 2.24) is 9.88 Å². The summed E-state index contributed by atoms with van der Waals surface area (Å²) in [6, 6.07) is 1.61. The van der Waals surface area contributed by atoms with Crippen molar-refractivity contribution in [3.63, 3.8) is 0 Å². The highest BCUT2D eigenvalue weighted by molar-refractivity contribution is 9.10. The topological polar surface area (TPSA) is 70.5 Å². The van der Waals surface area contributed by atoms with Crippen LogP contribution in [0.1, 0.15) is 17.3 Å². The summed E-state index contributed by atoms with van der Waals surface area (Å²) in [5, 5.41) is 8.65. The van der Waals surface area contributed by atoms with E-state index in [-0.39, 0.29) is 12.5 Å². The molecule has 1 N–H and O–H groups in total. The van der Waals surface area contributed by atoms with Crippen molar-refractivity contribution < 1.29 is 14.7 Å². The molecule has 1 rings (SSSR count). The first-order valence-electron chi connectivity index (χ1n) is 4.66. The molecule has 0 aliphatic carbocycles. The molecule has 0 radical (unpaired) electrons. The molecule has 0 atom stereocenters. The molecular formula is C10H11BrN2O3. The first kappa shape index (κ1) is 12.6. The Bertz CT molecular complexity index is 409. The Labute approximate surface area is 101 Å². The third-order valence-corrected chi connectivity index (χ3v) is 2.38. The van der Waals surface area contributed by atoms with E-state index in [1.807, 2.05) is 0 Å². The molecule has 1 aromatic heterocycles. The minimum atomic E-state index is -1.03. The van der Waals surface area contributed by atoms with Crippen LogP contribution in [-0.2, 0) is 4.79 Å². The quantitative estimate of drug-likeness (QED) is 0.908. The van der Waals surface area contributed by atoms with Gasteiger partial charge in [0.05, 0.1) is 5.56 Å². The number of aromatic nitrogens is 1. The molecule has 16 heavy (non-hydrogen) atoms. The monoisotopic (exact) mass is 286 g/mol. The Morgan fingerprint density at radius 3 is 2.69 bits per heavy atom. The number of hydrogen-bond acceptors (Lipinski definition) is 3. The Morgan fingerprint density at radius 1 is 1.50 bits per heavy atom. The van der Waals surface area contributed by atoms with E-state index in [2.05, 4.69) is 20.9 Å². The van der Waals surface area contributed by atoms with Crippen molar-refractivity contribution in [2.45, 2.75) is 6.92 Å². The van der Waals surface area contributed by atoms with Crippen LogP contribution in [0.2, 0.25) is 0 Å². The van der Waals surface area contributed by atoms with Gasteiger partial charge >= 0.3 is 5.97 Å². The van der Waals surface area contributed by atoms with Crippen LogP contribution in [0, 0.1) is 0 Å². The SMILES string of the molecule is CCN(CC(=O)O)C(=O)c1cncc(Br)c1. The van der Waals surface area contributed by atoms with Crippen molar-refractivity contribution in [2.24, 2.45) is 0 Å². The summed E-state index contributed by atoms with van der Waals surface area (Å²) in [6.45, 7) is 1.77. The molecule has 1 heterocycles. The van der Waals surface area contributed by atoms with Crippen molar-refractivity contribution in [2.75, 3.05) is 13.1 Å². The maximum atomic E-state index is 11.9. The molecule has 0 fully saturated rings. The molecule has 0 aliphatic rings. The minimum absolute atomic E-state index is 0.304. The van der Waals surface area contributed by atoms with Gasteiger partial charge in [-0.25, -0.2) is 0 Å². The Morgan fingerprint density at radius 2 is 2.19 bits per heavy atom. The molecule has 6 heteroatoms. The van der Waals surface area contributed by atoms with Gasteiger partial charge in [0.15, 0.2) is 0 Å². The third kappa shape index (κ3) is 3.30. The molecule has 0 saturated carbocycles. The lowest BCUT2D eigenvalue weighted by Gasteiger charge is -2.18. The standard InChI is InChI=1S/C10H11BrN2O3/c1-2-13(6-9(14)15)10(16)7-3-8(11)5-12-4-7/h3-5H,2,6H2,1H3,(H,14,15). The highest BCUT2D eigenvalue weighted by Crippen LogP contribution is 2.11. The second kappa shape index (κ2) is 5.60. The second-order valence-corrected chi connectivity index (χ2v) is 4.02. The number of halogens is 1. The van der Waals surface area contributed by atoms with Crippen LogP contribution in [-0.4, -0.2) is 40.0 Å². The van der Waals surface area contributed by atoms with E-state index in [1.54, 1.807) is 19.2 Å². The van der Waals surface area contributed by atoms with E-state index in [0.717, 1.165) is 0 Å². The normalized spacial score (nSPS) is 9.88. The number of likely N-dealkylation sites (N-methyl/N-ethyl adjacent to an activating group) is 1. The molecule has 86 valence electrons. The van der Waals surface area contributed by atoms with E-state index in [4.69, 9.17) is 5.11 Å². The number of carboxylic acid groups (broad SMARTS) is 1. The molecule has 1 aromatic rings. The Hall–Kier alpha value is -1.43. The van der Waals surface area contributed by atoms with Crippen LogP contribution in [0.4, 0.5) is 0 Å². The van der Waals surface area contributed by atoms with Crippen molar-refractivity contribution >= 4 is 27.8 Å². The van der Waals surface area contributed by atoms with Crippen LogP contribution < -0.4 is 0 Å². The first-order chi connectivity index (χ1) is 7.54. The fraction of sp³-hybridized carbons (Fsp3) is 0.300. The summed E-state index contributed by atoms with van der Waals surface area (Å²) < 4.78 is 0.685. The number of hydrogen-bond donors (Lipinski definition) is 1. The Balaban J connectivity index is 2.86. The lowest BCUT2D eigenvalue weighted by molar-refractivity contribution is -0.137. The zero-order valence-electron chi connectivity index (χ0n) is 8.68. The molecule has 0 aromatic carbocycles. The van der Waals surface area contributed by atoms with E-state index >= 15 is 0 Å². The number of carbonyl (C=O) groups is 2. The maximum absolute atomic E-state index is 11.9. The molecule has 0 bridgehead atoms. The van der Waals surface area contributed by atoms with Gasteiger partial charge in [-0.15, -0.1) is 0 Å². The van der Waals surface area contributed by atoms with Crippen LogP contribution in [0.3, 0.4) is 0 Å². The molecular weight excluding hydrogens is 276 g/mol. The van der Waals surface area contributed by atoms with Crippen LogP contribution in [0.15, 0.2) is 22.9 Å². The maximum Gasteiger partial charge on any atom is 0.323 e. The summed E-state index contributed by atoms with van der Waals surface area (Å²) >= 11 is 3.20. The van der Waals surface area contributed by atoms with Crippen LogP contribution >= 0.6 is 15.9 Å². The van der Waals surface area contributed by atoms with Gasteiger partial charge < -0.3 is 10.0 Å². The van der Waals surface area contributed by atoms with Crippen molar-refractivity contribution in [3.8, 4) is 0 Å². The highest BCUT2D eigenvalue weighted by Gasteiger charge is 2.17. The number of carboxylic acids is 1. The molecule has 0 spiro atoms. The summed E-state index contributed by atoms with van der Waals surface area (Å²) in [5.41, 5.74) is 0.373. The lowest BCUT2D eigenvalue weighted by Crippen LogP contribution is -2.35. The first-order valence-corrected chi connectivity index (χ1v) is 5.45. The number of pyridine rings is 1. The van der Waals surface area contributed by atoms with Gasteiger partial charge in [-0.2, -0.15) is 0 Å². The molecule has 5 nitrogen and oxygen atoms in total. The average Bonchev–Trinajstić information content (AvgIpc) is 2.24. The largest absolute Gasteiger partial charge is 0.480 e. The van der Waals surface area contributed by atoms with E-state index in [0.29, 0.717) is 16.6 Å². The van der Waals surface area contributed by atoms with E-state index < -0.39 is 5.97 Å². The molecule has 1 amide bonds. The summed E-state index contributed by atoms with van der Waals surface area (Å²) in [5.74, 6) is -1.36. The summed E-state index contributed by atoms with van der Waals surface area (Å²) in [7, 11) is 0. The predicted octanol–water partition coefficient (Wildman–Crippen LogP) is 1.39. The number of aliphatic carboxylic acids is 1.